The van der Waals surface area contributed by atoms with Crippen molar-refractivity contribution in [3.8, 4) is 16.9 Å². The van der Waals surface area contributed by atoms with Crippen LogP contribution in [0, 0.1) is 17.8 Å². The number of carbonyl (C=O) groups excluding carboxylic acids is 3. The van der Waals surface area contributed by atoms with Crippen LogP contribution in [-0.2, 0) is 22.6 Å². The molecule has 2 aromatic carbocycles. The maximum absolute atomic E-state index is 14.0. The minimum absolute atomic E-state index is 0.0801. The number of rotatable bonds is 7. The lowest BCUT2D eigenvalue weighted by Gasteiger charge is -2.46. The summed E-state index contributed by atoms with van der Waals surface area (Å²) in [6.45, 7) is 8.14. The lowest BCUT2D eigenvalue weighted by molar-refractivity contribution is -0.127. The number of hydrogen-bond donors (Lipinski definition) is 4. The van der Waals surface area contributed by atoms with Crippen molar-refractivity contribution in [2.24, 2.45) is 23.5 Å². The molecule has 42 heavy (non-hydrogen) atoms. The third-order valence-corrected chi connectivity index (χ3v) is 9.21. The van der Waals surface area contributed by atoms with Crippen LogP contribution in [0.5, 0.6) is 5.75 Å². The summed E-state index contributed by atoms with van der Waals surface area (Å²) in [6, 6.07) is 11.1. The van der Waals surface area contributed by atoms with Gasteiger partial charge in [-0.25, -0.2) is 0 Å². The summed E-state index contributed by atoms with van der Waals surface area (Å²) in [6.07, 6.45) is 0.668. The van der Waals surface area contributed by atoms with Crippen LogP contribution in [-0.4, -0.2) is 75.3 Å². The molecule has 3 aliphatic rings. The molecule has 1 amide bonds. The van der Waals surface area contributed by atoms with Gasteiger partial charge in [0, 0.05) is 18.2 Å². The van der Waals surface area contributed by atoms with Crippen molar-refractivity contribution >= 4 is 17.5 Å². The number of phenols is 1. The number of primary amides is 1. The first-order chi connectivity index (χ1) is 19.9. The topological polar surface area (TPSA) is 144 Å². The third-order valence-electron chi connectivity index (χ3n) is 9.21. The number of benzene rings is 2. The van der Waals surface area contributed by atoms with Crippen LogP contribution in [0.1, 0.15) is 48.7 Å². The van der Waals surface area contributed by atoms with Gasteiger partial charge >= 0.3 is 0 Å². The van der Waals surface area contributed by atoms with Crippen molar-refractivity contribution in [2.45, 2.75) is 52.2 Å². The van der Waals surface area contributed by atoms with Gasteiger partial charge in [0.05, 0.1) is 17.5 Å². The predicted octanol–water partition coefficient (Wildman–Crippen LogP) is 3.90. The highest BCUT2D eigenvalue weighted by atomic mass is 16.3. The van der Waals surface area contributed by atoms with Gasteiger partial charge < -0.3 is 21.1 Å². The van der Waals surface area contributed by atoms with Crippen molar-refractivity contribution in [3.05, 3.63) is 75.8 Å². The average molecular weight is 574 g/mol. The number of amides is 1. The Balaban J connectivity index is 1.61. The lowest BCUT2D eigenvalue weighted by Crippen LogP contribution is -2.53. The number of hydrogen-bond acceptors (Lipinski definition) is 8. The van der Waals surface area contributed by atoms with E-state index >= 15 is 0 Å². The van der Waals surface area contributed by atoms with E-state index in [0.29, 0.717) is 24.4 Å². The predicted molar refractivity (Wildman–Crippen MR) is 159 cm³/mol. The Hall–Kier alpha value is -3.95. The molecule has 3 unspecified atom stereocenters. The Kier molecular flexibility index (Phi) is 7.76. The standard InChI is InChI=1S/C33H39N3O6/c1-6-36(16(2)3)15-17-8-7-9-18(12-17)20-10-11-23(37)25-21(20)13-19-14-22-26(30(39)24(19)29(25)38)31(40)27(33(34)42)32(41)28(22)35(4)5/h7-12,16,19,22,26,28,37,39,41H,6,13-15H2,1-5H3,(H2,34,42)/t19?,22?,26?,28-/m0/s1. The molecule has 0 aliphatic heterocycles. The van der Waals surface area contributed by atoms with Crippen LogP contribution >= 0.6 is 0 Å². The van der Waals surface area contributed by atoms with Gasteiger partial charge in [0.15, 0.2) is 11.6 Å². The van der Waals surface area contributed by atoms with Gasteiger partial charge in [0.25, 0.3) is 5.91 Å². The maximum atomic E-state index is 14.0. The van der Waals surface area contributed by atoms with Crippen LogP contribution < -0.4 is 5.73 Å². The number of carbonyl (C=O) groups is 3. The zero-order valence-electron chi connectivity index (χ0n) is 24.7. The monoisotopic (exact) mass is 573 g/mol. The van der Waals surface area contributed by atoms with Gasteiger partial charge in [-0.05, 0) is 93.6 Å². The van der Waals surface area contributed by atoms with Crippen molar-refractivity contribution in [1.29, 1.82) is 0 Å². The normalized spacial score (nSPS) is 23.9. The molecule has 9 nitrogen and oxygen atoms in total. The van der Waals surface area contributed by atoms with Crippen LogP contribution in [0.4, 0.5) is 0 Å². The minimum Gasteiger partial charge on any atom is -0.511 e. The molecule has 0 bridgehead atoms. The number of likely N-dealkylation sites (N-methyl/N-ethyl adjacent to an activating group) is 1. The number of Topliss-reactive ketones (excluding diaryl/α,β-unsaturated/α-hetero) is 2. The lowest BCUT2D eigenvalue weighted by atomic mass is 9.60. The molecule has 4 atom stereocenters. The van der Waals surface area contributed by atoms with Gasteiger partial charge in [-0.3, -0.25) is 24.2 Å². The van der Waals surface area contributed by atoms with Gasteiger partial charge in [-0.1, -0.05) is 31.2 Å². The van der Waals surface area contributed by atoms with E-state index in [9.17, 15) is 29.7 Å². The fraction of sp³-hybridized carbons (Fsp3) is 0.424. The molecule has 5 rings (SSSR count). The summed E-state index contributed by atoms with van der Waals surface area (Å²) < 4.78 is 0. The number of ketones is 2. The summed E-state index contributed by atoms with van der Waals surface area (Å²) in [4.78, 5) is 43.6. The van der Waals surface area contributed by atoms with Crippen LogP contribution in [0.3, 0.4) is 0 Å². The van der Waals surface area contributed by atoms with Crippen LogP contribution in [0.15, 0.2) is 59.1 Å². The molecule has 2 aromatic rings. The minimum atomic E-state index is -1.20. The molecule has 3 aliphatic carbocycles. The molecular weight excluding hydrogens is 534 g/mol. The molecule has 0 saturated carbocycles. The Labute approximate surface area is 245 Å². The van der Waals surface area contributed by atoms with Crippen molar-refractivity contribution in [2.75, 3.05) is 20.6 Å². The second kappa shape index (κ2) is 11.0. The van der Waals surface area contributed by atoms with E-state index in [4.69, 9.17) is 5.73 Å². The second-order valence-electron chi connectivity index (χ2n) is 12.1. The van der Waals surface area contributed by atoms with Crippen molar-refractivity contribution < 1.29 is 29.7 Å². The molecule has 222 valence electrons. The van der Waals surface area contributed by atoms with Gasteiger partial charge in [0.1, 0.15) is 22.8 Å². The fourth-order valence-corrected chi connectivity index (χ4v) is 7.27. The molecule has 5 N–H and O–H groups in total. The second-order valence-corrected chi connectivity index (χ2v) is 12.1. The highest BCUT2D eigenvalue weighted by Crippen LogP contribution is 2.51. The van der Waals surface area contributed by atoms with Gasteiger partial charge in [0.2, 0.25) is 0 Å². The SMILES string of the molecule is CCN(Cc1cccc(-c2ccc(O)c3c2CC2CC4C(C(=O)C(C(N)=O)=C(O)[C@H]4N(C)C)C(O)=C2C3=O)c1)C(C)C. The Morgan fingerprint density at radius 3 is 2.40 bits per heavy atom. The fourth-order valence-electron chi connectivity index (χ4n) is 7.27. The van der Waals surface area contributed by atoms with E-state index in [1.54, 1.807) is 19.0 Å². The molecule has 0 aromatic heterocycles. The Bertz CT molecular complexity index is 1540. The first-order valence-corrected chi connectivity index (χ1v) is 14.5. The van der Waals surface area contributed by atoms with Crippen LogP contribution in [0.25, 0.3) is 11.1 Å². The number of nitrogens with zero attached hydrogens (tertiary/aromatic N) is 2. The number of nitrogens with two attached hydrogens (primary N) is 1. The number of phenolic OH excluding ortho intramolecular Hbond substituents is 1. The summed E-state index contributed by atoms with van der Waals surface area (Å²) in [7, 11) is 3.43. The maximum Gasteiger partial charge on any atom is 0.255 e. The zero-order chi connectivity index (χ0) is 30.6. The molecule has 0 saturated heterocycles. The molecule has 0 fully saturated rings. The highest BCUT2D eigenvalue weighted by molar-refractivity contribution is 6.22. The van der Waals surface area contributed by atoms with Crippen molar-refractivity contribution in [3.63, 3.8) is 0 Å². The highest BCUT2D eigenvalue weighted by Gasteiger charge is 2.54. The first-order valence-electron chi connectivity index (χ1n) is 14.5. The third kappa shape index (κ3) is 4.70. The molecule has 0 spiro atoms. The number of aliphatic hydroxyl groups excluding tert-OH is 2. The Morgan fingerprint density at radius 1 is 1.07 bits per heavy atom. The smallest absolute Gasteiger partial charge is 0.255 e. The van der Waals surface area contributed by atoms with E-state index in [1.165, 1.54) is 6.07 Å². The Morgan fingerprint density at radius 2 is 1.79 bits per heavy atom. The van der Waals surface area contributed by atoms with Crippen molar-refractivity contribution in [1.82, 2.24) is 9.80 Å². The largest absolute Gasteiger partial charge is 0.511 e. The summed E-state index contributed by atoms with van der Waals surface area (Å²) in [5.41, 5.74) is 8.68. The van der Waals surface area contributed by atoms with E-state index < -0.39 is 58.4 Å². The number of aromatic hydroxyl groups is 1. The van der Waals surface area contributed by atoms with Gasteiger partial charge in [-0.15, -0.1) is 0 Å². The molecule has 0 heterocycles. The summed E-state index contributed by atoms with van der Waals surface area (Å²) in [5, 5.41) is 33.3. The number of aliphatic hydroxyl groups is 2. The number of fused-ring (bicyclic) bond motifs is 3. The number of allylic oxidation sites excluding steroid dienone is 2. The summed E-state index contributed by atoms with van der Waals surface area (Å²) in [5.74, 6) is -5.64. The van der Waals surface area contributed by atoms with E-state index in [-0.39, 0.29) is 16.9 Å². The summed E-state index contributed by atoms with van der Waals surface area (Å²) >= 11 is 0. The molecule has 9 heteroatoms. The molecular formula is C33H39N3O6. The van der Waals surface area contributed by atoms with Gasteiger partial charge in [-0.2, -0.15) is 0 Å². The van der Waals surface area contributed by atoms with E-state index in [0.717, 1.165) is 29.8 Å². The van der Waals surface area contributed by atoms with E-state index in [2.05, 4.69) is 37.8 Å². The quantitative estimate of drug-likeness (QED) is 0.365. The molecule has 0 radical (unpaired) electrons. The zero-order valence-corrected chi connectivity index (χ0v) is 24.7. The first kappa shape index (κ1) is 29.5. The van der Waals surface area contributed by atoms with Crippen LogP contribution in [0.2, 0.25) is 0 Å². The van der Waals surface area contributed by atoms with E-state index in [1.807, 2.05) is 18.2 Å². The average Bonchev–Trinajstić information content (AvgIpc) is 2.91.